The van der Waals surface area contributed by atoms with Crippen molar-refractivity contribution in [2.75, 3.05) is 26.2 Å². The molecule has 0 saturated carbocycles. The van der Waals surface area contributed by atoms with Crippen LogP contribution in [-0.4, -0.2) is 48.9 Å². The van der Waals surface area contributed by atoms with Gasteiger partial charge in [0.05, 0.1) is 12.6 Å². The van der Waals surface area contributed by atoms with Crippen molar-refractivity contribution in [2.45, 2.75) is 245 Å². The number of amides is 2. The van der Waals surface area contributed by atoms with E-state index in [9.17, 15) is 9.59 Å². The maximum Gasteiger partial charge on any atom is 0.241 e. The molecule has 0 fully saturated rings. The lowest BCUT2D eigenvalue weighted by molar-refractivity contribution is -0.133. The first-order valence-corrected chi connectivity index (χ1v) is 22.6. The van der Waals surface area contributed by atoms with Gasteiger partial charge in [-0.05, 0) is 32.2 Å². The Morgan fingerprint density at radius 2 is 0.760 bits per heavy atom. The van der Waals surface area contributed by atoms with Crippen LogP contribution in [0.4, 0.5) is 0 Å². The second-order valence-corrected chi connectivity index (χ2v) is 15.6. The zero-order chi connectivity index (χ0) is 36.6. The molecule has 0 aliphatic carbocycles. The van der Waals surface area contributed by atoms with Crippen molar-refractivity contribution in [3.05, 3.63) is 0 Å². The van der Waals surface area contributed by atoms with Crippen molar-refractivity contribution in [2.24, 2.45) is 11.5 Å². The predicted molar refractivity (Wildman–Crippen MR) is 220 cm³/mol. The third kappa shape index (κ3) is 35.3. The molecule has 0 aliphatic rings. The molecule has 0 aromatic heterocycles. The molecule has 2 amide bonds. The Balaban J connectivity index is 4.14. The van der Waals surface area contributed by atoms with Gasteiger partial charge in [-0.3, -0.25) is 9.59 Å². The average molecular weight is 707 g/mol. The number of hydrogen-bond donors (Lipinski definition) is 3. The number of rotatable bonds is 41. The Morgan fingerprint density at radius 1 is 0.460 bits per heavy atom. The number of nitrogens with one attached hydrogen (secondary N) is 1. The molecule has 0 unspecified atom stereocenters. The van der Waals surface area contributed by atoms with Gasteiger partial charge in [-0.25, -0.2) is 0 Å². The summed E-state index contributed by atoms with van der Waals surface area (Å²) in [6, 6.07) is -0.566. The second kappa shape index (κ2) is 40.6. The minimum atomic E-state index is -0.566. The van der Waals surface area contributed by atoms with Crippen LogP contribution in [0.25, 0.3) is 0 Å². The third-order valence-corrected chi connectivity index (χ3v) is 10.6. The van der Waals surface area contributed by atoms with Crippen molar-refractivity contribution < 1.29 is 9.59 Å². The number of nitrogens with two attached hydrogens (primary N) is 2. The predicted octanol–water partition coefficient (Wildman–Crippen LogP) is 11.9. The molecule has 0 aromatic rings. The maximum atomic E-state index is 13.2. The Bertz CT molecular complexity index is 668. The van der Waals surface area contributed by atoms with Gasteiger partial charge in [0.25, 0.3) is 0 Å². The lowest BCUT2D eigenvalue weighted by atomic mass is 10.0. The fraction of sp³-hybridized carbons (Fsp3) is 0.955. The standard InChI is InChI=1S/C44H90N4O2/c1-3-5-7-9-11-13-15-17-19-21-23-25-27-29-31-35-39-48(43(49)41-47-44(50)42(46)37-33-34-38-45)40-36-32-30-28-26-24-22-20-18-16-14-12-10-8-6-4-2/h42H,3-41,45-46H2,1-2H3,(H,47,50)/t42-/m0/s1. The van der Waals surface area contributed by atoms with Crippen LogP contribution in [0.15, 0.2) is 0 Å². The molecule has 5 N–H and O–H groups in total. The fourth-order valence-electron chi connectivity index (χ4n) is 7.11. The normalized spacial score (nSPS) is 12.0. The maximum absolute atomic E-state index is 13.2. The zero-order valence-electron chi connectivity index (χ0n) is 34.1. The van der Waals surface area contributed by atoms with Crippen LogP contribution < -0.4 is 16.8 Å². The highest BCUT2D eigenvalue weighted by atomic mass is 16.2. The van der Waals surface area contributed by atoms with Crippen LogP contribution in [0.5, 0.6) is 0 Å². The van der Waals surface area contributed by atoms with E-state index in [0.29, 0.717) is 13.0 Å². The first kappa shape index (κ1) is 48.9. The molecule has 0 radical (unpaired) electrons. The summed E-state index contributed by atoms with van der Waals surface area (Å²) in [5.74, 6) is -0.186. The van der Waals surface area contributed by atoms with E-state index in [4.69, 9.17) is 11.5 Å². The average Bonchev–Trinajstić information content (AvgIpc) is 3.12. The van der Waals surface area contributed by atoms with Crippen molar-refractivity contribution in [1.82, 2.24) is 10.2 Å². The number of carbonyl (C=O) groups excluding carboxylic acids is 2. The van der Waals surface area contributed by atoms with Gasteiger partial charge in [0, 0.05) is 13.1 Å². The molecule has 0 heterocycles. The molecule has 6 heteroatoms. The number of nitrogens with zero attached hydrogens (tertiary/aromatic N) is 1. The summed E-state index contributed by atoms with van der Waals surface area (Å²) in [4.78, 5) is 27.6. The highest BCUT2D eigenvalue weighted by Crippen LogP contribution is 2.16. The van der Waals surface area contributed by atoms with Crippen LogP contribution in [0.2, 0.25) is 0 Å². The van der Waals surface area contributed by atoms with Crippen molar-refractivity contribution in [1.29, 1.82) is 0 Å². The minimum absolute atomic E-state index is 0.0365. The van der Waals surface area contributed by atoms with Crippen molar-refractivity contribution >= 4 is 11.8 Å². The van der Waals surface area contributed by atoms with E-state index in [-0.39, 0.29) is 18.4 Å². The first-order chi connectivity index (χ1) is 24.6. The van der Waals surface area contributed by atoms with Crippen LogP contribution in [-0.2, 0) is 9.59 Å². The highest BCUT2D eigenvalue weighted by molar-refractivity contribution is 5.87. The van der Waals surface area contributed by atoms with Gasteiger partial charge >= 0.3 is 0 Å². The number of unbranched alkanes of at least 4 members (excludes halogenated alkanes) is 31. The van der Waals surface area contributed by atoms with E-state index in [1.165, 1.54) is 193 Å². The van der Waals surface area contributed by atoms with E-state index in [1.807, 2.05) is 4.90 Å². The van der Waals surface area contributed by atoms with Crippen LogP contribution in [0, 0.1) is 0 Å². The first-order valence-electron chi connectivity index (χ1n) is 22.6. The summed E-state index contributed by atoms with van der Waals surface area (Å²) in [6.45, 7) is 6.84. The van der Waals surface area contributed by atoms with Gasteiger partial charge in [-0.2, -0.15) is 0 Å². The molecule has 0 aliphatic heterocycles. The molecule has 0 saturated heterocycles. The number of hydrogen-bond acceptors (Lipinski definition) is 4. The lowest BCUT2D eigenvalue weighted by Gasteiger charge is -2.23. The Labute approximate surface area is 313 Å². The van der Waals surface area contributed by atoms with Gasteiger partial charge in [0.2, 0.25) is 11.8 Å². The van der Waals surface area contributed by atoms with Gasteiger partial charge in [0.15, 0.2) is 0 Å². The Morgan fingerprint density at radius 3 is 1.06 bits per heavy atom. The Hall–Kier alpha value is -1.14. The summed E-state index contributed by atoms with van der Waals surface area (Å²) in [5, 5.41) is 2.82. The molecule has 0 aromatic carbocycles. The molecule has 298 valence electrons. The second-order valence-electron chi connectivity index (χ2n) is 15.6. The molecule has 0 spiro atoms. The van der Waals surface area contributed by atoms with E-state index in [0.717, 1.165) is 38.8 Å². The quantitative estimate of drug-likeness (QED) is 0.0551. The van der Waals surface area contributed by atoms with E-state index >= 15 is 0 Å². The SMILES string of the molecule is CCCCCCCCCCCCCCCCCCN(CCCCCCCCCCCCCCCCCC)C(=O)CNC(=O)[C@@H](N)CCCCN. The molecule has 1 atom stereocenters. The largest absolute Gasteiger partial charge is 0.346 e. The summed E-state index contributed by atoms with van der Waals surface area (Å²) < 4.78 is 0. The van der Waals surface area contributed by atoms with Gasteiger partial charge in [-0.15, -0.1) is 0 Å². The van der Waals surface area contributed by atoms with Crippen LogP contribution in [0.1, 0.15) is 239 Å². The van der Waals surface area contributed by atoms with E-state index in [2.05, 4.69) is 19.2 Å². The molecule has 0 bridgehead atoms. The third-order valence-electron chi connectivity index (χ3n) is 10.6. The summed E-state index contributed by atoms with van der Waals surface area (Å²) in [6.07, 6.45) is 45.5. The molecular formula is C44H90N4O2. The molecular weight excluding hydrogens is 617 g/mol. The van der Waals surface area contributed by atoms with E-state index < -0.39 is 6.04 Å². The summed E-state index contributed by atoms with van der Waals surface area (Å²) >= 11 is 0. The minimum Gasteiger partial charge on any atom is -0.346 e. The van der Waals surface area contributed by atoms with E-state index in [1.54, 1.807) is 0 Å². The lowest BCUT2D eigenvalue weighted by Crippen LogP contribution is -2.46. The van der Waals surface area contributed by atoms with Crippen LogP contribution in [0.3, 0.4) is 0 Å². The topological polar surface area (TPSA) is 101 Å². The van der Waals surface area contributed by atoms with Gasteiger partial charge < -0.3 is 21.7 Å². The number of carbonyl (C=O) groups is 2. The van der Waals surface area contributed by atoms with Gasteiger partial charge in [-0.1, -0.05) is 213 Å². The smallest absolute Gasteiger partial charge is 0.241 e. The highest BCUT2D eigenvalue weighted by Gasteiger charge is 2.17. The summed E-state index contributed by atoms with van der Waals surface area (Å²) in [5.41, 5.74) is 11.6. The Kier molecular flexibility index (Phi) is 39.7. The van der Waals surface area contributed by atoms with Gasteiger partial charge in [0.1, 0.15) is 0 Å². The summed E-state index contributed by atoms with van der Waals surface area (Å²) in [7, 11) is 0. The molecule has 50 heavy (non-hydrogen) atoms. The van der Waals surface area contributed by atoms with Crippen LogP contribution >= 0.6 is 0 Å². The van der Waals surface area contributed by atoms with Crippen molar-refractivity contribution in [3.63, 3.8) is 0 Å². The molecule has 0 rings (SSSR count). The fourth-order valence-corrected chi connectivity index (χ4v) is 7.11. The monoisotopic (exact) mass is 707 g/mol. The van der Waals surface area contributed by atoms with Crippen molar-refractivity contribution in [3.8, 4) is 0 Å². The molecule has 6 nitrogen and oxygen atoms in total. The zero-order valence-corrected chi connectivity index (χ0v) is 34.1.